The standard InChI is InChI=1S/C25H26N6O2S2/c1-30(16-19-4-2-5-20(27-19)21-6-3-13-34-21)15-17-8-11-31(12-9-17)24-26-10-7-18(28-24)14-22-23(32)29-25(33)35-22/h2-7,10,13-14,17H,8-9,11-12,15-16H2,1H3,(H,29,32,33). The average molecular weight is 507 g/mol. The van der Waals surface area contributed by atoms with Gasteiger partial charge in [-0.2, -0.15) is 0 Å². The predicted molar refractivity (Wildman–Crippen MR) is 140 cm³/mol. The number of carbonyl (C=O) groups is 2. The fourth-order valence-corrected chi connectivity index (χ4v) is 5.74. The van der Waals surface area contributed by atoms with Gasteiger partial charge in [0.15, 0.2) is 0 Å². The number of anilines is 1. The van der Waals surface area contributed by atoms with Crippen LogP contribution in [0.4, 0.5) is 10.7 Å². The molecule has 0 saturated carbocycles. The Bertz CT molecular complexity index is 1240. The van der Waals surface area contributed by atoms with Crippen molar-refractivity contribution in [2.75, 3.05) is 31.6 Å². The van der Waals surface area contributed by atoms with Gasteiger partial charge < -0.3 is 9.80 Å². The number of nitrogens with zero attached hydrogens (tertiary/aromatic N) is 5. The largest absolute Gasteiger partial charge is 0.341 e. The van der Waals surface area contributed by atoms with Gasteiger partial charge in [-0.3, -0.25) is 19.9 Å². The molecule has 2 saturated heterocycles. The second-order valence-corrected chi connectivity index (χ2v) is 10.7. The first-order valence-corrected chi connectivity index (χ1v) is 13.2. The molecule has 0 spiro atoms. The SMILES string of the molecule is CN(Cc1cccc(-c2cccs2)n1)CC1CCN(c2nccc(C=C3SC(=O)NC3=O)n2)CC1. The summed E-state index contributed by atoms with van der Waals surface area (Å²) in [5.41, 5.74) is 2.75. The highest BCUT2D eigenvalue weighted by Crippen LogP contribution is 2.27. The van der Waals surface area contributed by atoms with Crippen molar-refractivity contribution in [3.63, 3.8) is 0 Å². The number of imide groups is 1. The van der Waals surface area contributed by atoms with Crippen molar-refractivity contribution in [3.05, 3.63) is 64.3 Å². The van der Waals surface area contributed by atoms with Gasteiger partial charge in [0, 0.05) is 32.4 Å². The van der Waals surface area contributed by atoms with Crippen molar-refractivity contribution in [3.8, 4) is 10.6 Å². The zero-order valence-corrected chi connectivity index (χ0v) is 21.0. The normalized spacial score (nSPS) is 18.0. The Hall–Kier alpha value is -3.08. The van der Waals surface area contributed by atoms with Crippen LogP contribution in [0, 0.1) is 5.92 Å². The first-order chi connectivity index (χ1) is 17.0. The number of piperidine rings is 1. The molecule has 35 heavy (non-hydrogen) atoms. The number of thioether (sulfide) groups is 1. The number of carbonyl (C=O) groups excluding carboxylic acids is 2. The molecule has 0 unspecified atom stereocenters. The Balaban J connectivity index is 1.14. The van der Waals surface area contributed by atoms with Crippen LogP contribution in [0.2, 0.25) is 0 Å². The second kappa shape index (κ2) is 10.7. The summed E-state index contributed by atoms with van der Waals surface area (Å²) >= 11 is 2.61. The highest BCUT2D eigenvalue weighted by atomic mass is 32.2. The molecule has 0 radical (unpaired) electrons. The van der Waals surface area contributed by atoms with E-state index in [0.717, 1.165) is 62.2 Å². The van der Waals surface area contributed by atoms with Crippen molar-refractivity contribution < 1.29 is 9.59 Å². The lowest BCUT2D eigenvalue weighted by atomic mass is 9.96. The molecule has 0 aromatic carbocycles. The number of pyridine rings is 1. The van der Waals surface area contributed by atoms with Crippen LogP contribution in [0.25, 0.3) is 16.6 Å². The molecular weight excluding hydrogens is 480 g/mol. The molecule has 0 aliphatic carbocycles. The third kappa shape index (κ3) is 5.95. The Morgan fingerprint density at radius 3 is 2.74 bits per heavy atom. The minimum absolute atomic E-state index is 0.353. The van der Waals surface area contributed by atoms with Gasteiger partial charge in [0.25, 0.3) is 11.1 Å². The smallest absolute Gasteiger partial charge is 0.290 e. The van der Waals surface area contributed by atoms with Gasteiger partial charge >= 0.3 is 0 Å². The van der Waals surface area contributed by atoms with E-state index in [1.165, 1.54) is 4.88 Å². The molecule has 180 valence electrons. The first-order valence-electron chi connectivity index (χ1n) is 11.5. The quantitative estimate of drug-likeness (QED) is 0.475. The lowest BCUT2D eigenvalue weighted by Crippen LogP contribution is -2.38. The highest BCUT2D eigenvalue weighted by Gasteiger charge is 2.26. The van der Waals surface area contributed by atoms with Crippen molar-refractivity contribution >= 4 is 46.3 Å². The number of hydrogen-bond donors (Lipinski definition) is 1. The minimum Gasteiger partial charge on any atom is -0.341 e. The van der Waals surface area contributed by atoms with Gasteiger partial charge in [0.05, 0.1) is 26.9 Å². The number of thiophene rings is 1. The van der Waals surface area contributed by atoms with Crippen LogP contribution in [0.5, 0.6) is 0 Å². The maximum absolute atomic E-state index is 11.8. The van der Waals surface area contributed by atoms with Crippen LogP contribution in [0.15, 0.2) is 52.9 Å². The molecule has 2 amide bonds. The summed E-state index contributed by atoms with van der Waals surface area (Å²) in [5, 5.41) is 3.99. The van der Waals surface area contributed by atoms with Crippen molar-refractivity contribution in [1.29, 1.82) is 0 Å². The van der Waals surface area contributed by atoms with Crippen LogP contribution in [-0.2, 0) is 11.3 Å². The van der Waals surface area contributed by atoms with Gasteiger partial charge in [-0.05, 0) is 73.3 Å². The Kier molecular flexibility index (Phi) is 7.21. The number of hydrogen-bond acceptors (Lipinski definition) is 9. The molecule has 0 atom stereocenters. The lowest BCUT2D eigenvalue weighted by Gasteiger charge is -2.34. The van der Waals surface area contributed by atoms with E-state index in [-0.39, 0.29) is 11.1 Å². The van der Waals surface area contributed by atoms with E-state index >= 15 is 0 Å². The summed E-state index contributed by atoms with van der Waals surface area (Å²) in [6, 6.07) is 12.2. The van der Waals surface area contributed by atoms with Crippen LogP contribution >= 0.6 is 23.1 Å². The van der Waals surface area contributed by atoms with E-state index in [0.29, 0.717) is 22.5 Å². The third-order valence-electron chi connectivity index (χ3n) is 6.06. The highest BCUT2D eigenvalue weighted by molar-refractivity contribution is 8.18. The zero-order chi connectivity index (χ0) is 24.2. The van der Waals surface area contributed by atoms with Crippen LogP contribution in [-0.4, -0.2) is 57.7 Å². The van der Waals surface area contributed by atoms with Crippen LogP contribution in [0.1, 0.15) is 24.2 Å². The van der Waals surface area contributed by atoms with Crippen molar-refractivity contribution in [2.24, 2.45) is 5.92 Å². The van der Waals surface area contributed by atoms with Gasteiger partial charge in [-0.25, -0.2) is 9.97 Å². The topological polar surface area (TPSA) is 91.3 Å². The molecule has 3 aromatic heterocycles. The van der Waals surface area contributed by atoms with Crippen LogP contribution < -0.4 is 10.2 Å². The predicted octanol–water partition coefficient (Wildman–Crippen LogP) is 4.27. The van der Waals surface area contributed by atoms with Crippen molar-refractivity contribution in [2.45, 2.75) is 19.4 Å². The number of amides is 2. The van der Waals surface area contributed by atoms with Gasteiger partial charge in [0.2, 0.25) is 5.95 Å². The van der Waals surface area contributed by atoms with E-state index < -0.39 is 0 Å². The van der Waals surface area contributed by atoms with E-state index in [1.807, 2.05) is 0 Å². The monoisotopic (exact) mass is 506 g/mol. The molecule has 0 bridgehead atoms. The minimum atomic E-state index is -0.376. The second-order valence-electron chi connectivity index (χ2n) is 8.75. The summed E-state index contributed by atoms with van der Waals surface area (Å²) in [5.74, 6) is 0.889. The molecule has 5 heterocycles. The number of nitrogens with one attached hydrogen (secondary N) is 1. The van der Waals surface area contributed by atoms with Gasteiger partial charge in [-0.1, -0.05) is 12.1 Å². The first kappa shape index (κ1) is 23.7. The Morgan fingerprint density at radius 1 is 1.14 bits per heavy atom. The van der Waals surface area contributed by atoms with Crippen LogP contribution in [0.3, 0.4) is 0 Å². The molecule has 2 fully saturated rings. The summed E-state index contributed by atoms with van der Waals surface area (Å²) in [7, 11) is 2.16. The molecule has 10 heteroatoms. The molecule has 5 rings (SSSR count). The molecule has 2 aliphatic heterocycles. The molecule has 1 N–H and O–H groups in total. The lowest BCUT2D eigenvalue weighted by molar-refractivity contribution is -0.115. The fraction of sp³-hybridized carbons (Fsp3) is 0.320. The molecule has 8 nitrogen and oxygen atoms in total. The van der Waals surface area contributed by atoms with E-state index in [9.17, 15) is 9.59 Å². The van der Waals surface area contributed by atoms with E-state index in [2.05, 4.69) is 67.8 Å². The summed E-state index contributed by atoms with van der Waals surface area (Å²) in [6.07, 6.45) is 5.47. The maximum atomic E-state index is 11.8. The third-order valence-corrected chi connectivity index (χ3v) is 7.77. The molecule has 2 aliphatic rings. The van der Waals surface area contributed by atoms with E-state index in [1.54, 1.807) is 29.7 Å². The Morgan fingerprint density at radius 2 is 2.00 bits per heavy atom. The number of rotatable bonds is 7. The zero-order valence-electron chi connectivity index (χ0n) is 19.4. The maximum Gasteiger partial charge on any atom is 0.290 e. The molecule has 3 aromatic rings. The molecular formula is C25H26N6O2S2. The van der Waals surface area contributed by atoms with E-state index in [4.69, 9.17) is 4.98 Å². The summed E-state index contributed by atoms with van der Waals surface area (Å²) in [4.78, 5) is 43.2. The number of aromatic nitrogens is 3. The van der Waals surface area contributed by atoms with Gasteiger partial charge in [0.1, 0.15) is 0 Å². The summed E-state index contributed by atoms with van der Waals surface area (Å²) in [6.45, 7) is 3.62. The Labute approximate surface area is 212 Å². The summed E-state index contributed by atoms with van der Waals surface area (Å²) < 4.78 is 0. The average Bonchev–Trinajstić information content (AvgIpc) is 3.50. The van der Waals surface area contributed by atoms with Crippen molar-refractivity contribution in [1.82, 2.24) is 25.2 Å². The van der Waals surface area contributed by atoms with Gasteiger partial charge in [-0.15, -0.1) is 11.3 Å². The fourth-order valence-electron chi connectivity index (χ4n) is 4.38.